The van der Waals surface area contributed by atoms with Crippen molar-refractivity contribution in [2.75, 3.05) is 19.5 Å². The minimum absolute atomic E-state index is 0.676. The van der Waals surface area contributed by atoms with E-state index in [9.17, 15) is 0 Å². The Hall–Kier alpha value is -2.75. The molecule has 0 aliphatic rings. The molecule has 0 aliphatic carbocycles. The third-order valence-corrected chi connectivity index (χ3v) is 3.58. The molecule has 26 heavy (non-hydrogen) atoms. The third-order valence-electron chi connectivity index (χ3n) is 3.58. The van der Waals surface area contributed by atoms with E-state index in [0.29, 0.717) is 11.5 Å². The summed E-state index contributed by atoms with van der Waals surface area (Å²) in [5.41, 5.74) is 4.11. The summed E-state index contributed by atoms with van der Waals surface area (Å²) in [6, 6.07) is 14.1. The van der Waals surface area contributed by atoms with E-state index in [0.717, 1.165) is 22.3 Å². The van der Waals surface area contributed by atoms with Crippen molar-refractivity contribution in [1.29, 1.82) is 0 Å². The molecule has 0 fully saturated rings. The normalized spacial score (nSPS) is 9.35. The average molecular weight is 354 g/mol. The van der Waals surface area contributed by atoms with E-state index >= 15 is 0 Å². The van der Waals surface area contributed by atoms with Gasteiger partial charge >= 0.3 is 0 Å². The maximum absolute atomic E-state index is 5.38. The van der Waals surface area contributed by atoms with E-state index < -0.39 is 0 Å². The maximum atomic E-state index is 5.38. The number of anilines is 2. The van der Waals surface area contributed by atoms with Crippen molar-refractivity contribution in [3.63, 3.8) is 0 Å². The largest absolute Gasteiger partial charge is 0.493 e. The molecule has 0 radical (unpaired) electrons. The second-order valence-corrected chi connectivity index (χ2v) is 5.07. The quantitative estimate of drug-likeness (QED) is 0.592. The second-order valence-electron chi connectivity index (χ2n) is 5.07. The number of fused-ring (bicyclic) bond motifs is 1. The molecule has 2 aromatic carbocycles. The van der Waals surface area contributed by atoms with Crippen LogP contribution in [0.4, 0.5) is 11.4 Å². The van der Waals surface area contributed by atoms with Gasteiger partial charge in [-0.05, 0) is 31.2 Å². The first-order valence-corrected chi connectivity index (χ1v) is 9.05. The molecule has 0 aliphatic heterocycles. The Morgan fingerprint density at radius 2 is 1.38 bits per heavy atom. The highest BCUT2D eigenvalue weighted by Gasteiger charge is 2.10. The fraction of sp³-hybridized carbons (Fsp3) is 0.318. The van der Waals surface area contributed by atoms with E-state index in [-0.39, 0.29) is 0 Å². The number of pyridine rings is 1. The molecular formula is C22H30N2O2. The maximum Gasteiger partial charge on any atom is 0.162 e. The first kappa shape index (κ1) is 21.3. The van der Waals surface area contributed by atoms with Gasteiger partial charge in [-0.3, -0.25) is 4.98 Å². The fourth-order valence-corrected chi connectivity index (χ4v) is 2.37. The zero-order chi connectivity index (χ0) is 19.5. The van der Waals surface area contributed by atoms with Crippen LogP contribution < -0.4 is 14.8 Å². The predicted octanol–water partition coefficient (Wildman–Crippen LogP) is 6.36. The molecule has 0 saturated carbocycles. The van der Waals surface area contributed by atoms with Gasteiger partial charge in [-0.1, -0.05) is 45.4 Å². The molecule has 140 valence electrons. The summed E-state index contributed by atoms with van der Waals surface area (Å²) in [5.74, 6) is 1.37. The van der Waals surface area contributed by atoms with Crippen molar-refractivity contribution < 1.29 is 9.47 Å². The summed E-state index contributed by atoms with van der Waals surface area (Å²) >= 11 is 0. The van der Waals surface area contributed by atoms with Gasteiger partial charge in [0.15, 0.2) is 11.5 Å². The number of hydrogen-bond donors (Lipinski definition) is 1. The minimum Gasteiger partial charge on any atom is -0.493 e. The lowest BCUT2D eigenvalue weighted by molar-refractivity contribution is 0.356. The monoisotopic (exact) mass is 354 g/mol. The van der Waals surface area contributed by atoms with Gasteiger partial charge in [-0.2, -0.15) is 0 Å². The Kier molecular flexibility index (Phi) is 8.99. The van der Waals surface area contributed by atoms with Crippen molar-refractivity contribution in [3.8, 4) is 11.5 Å². The standard InChI is InChI=1S/C18H18N2O2.2C2H6/c1-12-4-6-13(7-5-12)20-15-8-9-19-16-11-18(22-3)17(21-2)10-14(15)16;2*1-2/h4-11H,1-3H3,(H,19,20);2*1-2H3. The first-order chi connectivity index (χ1) is 12.7. The van der Waals surface area contributed by atoms with Crippen molar-refractivity contribution in [3.05, 3.63) is 54.2 Å². The lowest BCUT2D eigenvalue weighted by Gasteiger charge is -2.13. The summed E-state index contributed by atoms with van der Waals surface area (Å²) in [7, 11) is 3.26. The topological polar surface area (TPSA) is 43.4 Å². The molecule has 0 spiro atoms. The number of benzene rings is 2. The van der Waals surface area contributed by atoms with Crippen LogP contribution in [0.1, 0.15) is 33.3 Å². The van der Waals surface area contributed by atoms with Crippen molar-refractivity contribution in [2.24, 2.45) is 0 Å². The summed E-state index contributed by atoms with van der Waals surface area (Å²) in [4.78, 5) is 4.41. The summed E-state index contributed by atoms with van der Waals surface area (Å²) in [6.45, 7) is 10.1. The molecule has 4 heteroatoms. The van der Waals surface area contributed by atoms with Crippen LogP contribution in [0.3, 0.4) is 0 Å². The molecule has 0 amide bonds. The zero-order valence-corrected chi connectivity index (χ0v) is 16.9. The number of methoxy groups -OCH3 is 2. The van der Waals surface area contributed by atoms with Crippen LogP contribution in [0.5, 0.6) is 11.5 Å². The smallest absolute Gasteiger partial charge is 0.162 e. The van der Waals surface area contributed by atoms with Crippen LogP contribution in [0.25, 0.3) is 10.9 Å². The molecule has 4 nitrogen and oxygen atoms in total. The van der Waals surface area contributed by atoms with Crippen LogP contribution in [0, 0.1) is 6.92 Å². The van der Waals surface area contributed by atoms with E-state index in [2.05, 4.69) is 41.5 Å². The summed E-state index contributed by atoms with van der Waals surface area (Å²) < 4.78 is 10.7. The van der Waals surface area contributed by atoms with Crippen molar-refractivity contribution in [2.45, 2.75) is 34.6 Å². The lowest BCUT2D eigenvalue weighted by Crippen LogP contribution is -1.95. The molecule has 1 aromatic heterocycles. The Morgan fingerprint density at radius 1 is 0.808 bits per heavy atom. The third kappa shape index (κ3) is 5.12. The lowest BCUT2D eigenvalue weighted by atomic mass is 10.1. The van der Waals surface area contributed by atoms with E-state index in [4.69, 9.17) is 9.47 Å². The molecule has 0 bridgehead atoms. The first-order valence-electron chi connectivity index (χ1n) is 9.05. The van der Waals surface area contributed by atoms with Crippen molar-refractivity contribution in [1.82, 2.24) is 4.98 Å². The van der Waals surface area contributed by atoms with Gasteiger partial charge in [0, 0.05) is 29.0 Å². The van der Waals surface area contributed by atoms with Gasteiger partial charge in [0.1, 0.15) is 0 Å². The predicted molar refractivity (Wildman–Crippen MR) is 112 cm³/mol. The Balaban J connectivity index is 0.000000791. The van der Waals surface area contributed by atoms with Gasteiger partial charge in [0.05, 0.1) is 19.7 Å². The van der Waals surface area contributed by atoms with Gasteiger partial charge < -0.3 is 14.8 Å². The highest BCUT2D eigenvalue weighted by molar-refractivity contribution is 5.95. The summed E-state index contributed by atoms with van der Waals surface area (Å²) in [5, 5.41) is 4.41. The Labute approximate surface area is 157 Å². The number of aryl methyl sites for hydroxylation is 1. The number of hydrogen-bond acceptors (Lipinski definition) is 4. The highest BCUT2D eigenvalue weighted by atomic mass is 16.5. The number of ether oxygens (including phenoxy) is 2. The molecular weight excluding hydrogens is 324 g/mol. The number of aromatic nitrogens is 1. The van der Waals surface area contributed by atoms with Crippen LogP contribution in [0.15, 0.2) is 48.7 Å². The fourth-order valence-electron chi connectivity index (χ4n) is 2.37. The average Bonchev–Trinajstić information content (AvgIpc) is 2.72. The number of rotatable bonds is 4. The number of nitrogens with one attached hydrogen (secondary N) is 1. The SMILES string of the molecule is CC.CC.COc1cc2nccc(Nc3ccc(C)cc3)c2cc1OC. The Morgan fingerprint density at radius 3 is 1.96 bits per heavy atom. The summed E-state index contributed by atoms with van der Waals surface area (Å²) in [6.07, 6.45) is 1.78. The molecule has 0 saturated heterocycles. The van der Waals surface area contributed by atoms with Crippen molar-refractivity contribution >= 4 is 22.3 Å². The van der Waals surface area contributed by atoms with Gasteiger partial charge in [-0.25, -0.2) is 0 Å². The molecule has 1 heterocycles. The zero-order valence-electron chi connectivity index (χ0n) is 16.9. The molecule has 0 atom stereocenters. The molecule has 3 aromatic rings. The molecule has 1 N–H and O–H groups in total. The molecule has 0 unspecified atom stereocenters. The van der Waals surface area contributed by atoms with E-state index in [1.165, 1.54) is 5.56 Å². The van der Waals surface area contributed by atoms with Gasteiger partial charge in [0.25, 0.3) is 0 Å². The van der Waals surface area contributed by atoms with Gasteiger partial charge in [-0.15, -0.1) is 0 Å². The van der Waals surface area contributed by atoms with E-state index in [1.807, 2.05) is 45.9 Å². The molecule has 3 rings (SSSR count). The number of nitrogens with zero attached hydrogens (tertiary/aromatic N) is 1. The van der Waals surface area contributed by atoms with Crippen LogP contribution in [-0.4, -0.2) is 19.2 Å². The van der Waals surface area contributed by atoms with Gasteiger partial charge in [0.2, 0.25) is 0 Å². The van der Waals surface area contributed by atoms with Crippen LogP contribution in [-0.2, 0) is 0 Å². The highest BCUT2D eigenvalue weighted by Crippen LogP contribution is 2.35. The second kappa shape index (κ2) is 11.0. The van der Waals surface area contributed by atoms with Crippen LogP contribution >= 0.6 is 0 Å². The minimum atomic E-state index is 0.676. The Bertz CT molecular complexity index is 799. The van der Waals surface area contributed by atoms with E-state index in [1.54, 1.807) is 20.4 Å². The van der Waals surface area contributed by atoms with Crippen LogP contribution in [0.2, 0.25) is 0 Å².